The third-order valence-electron chi connectivity index (χ3n) is 4.98. The molecule has 0 aliphatic rings. The third-order valence-corrected chi connectivity index (χ3v) is 5.52. The van der Waals surface area contributed by atoms with E-state index in [1.807, 2.05) is 54.6 Å². The molecule has 0 fully saturated rings. The summed E-state index contributed by atoms with van der Waals surface area (Å²) in [6.45, 7) is -0.176. The Balaban J connectivity index is 1.23. The third kappa shape index (κ3) is 6.95. The van der Waals surface area contributed by atoms with Gasteiger partial charge in [-0.15, -0.1) is 0 Å². The molecule has 0 aliphatic heterocycles. The molecule has 1 N–H and O–H groups in total. The van der Waals surface area contributed by atoms with E-state index in [0.29, 0.717) is 22.1 Å². The van der Waals surface area contributed by atoms with Gasteiger partial charge < -0.3 is 9.47 Å². The van der Waals surface area contributed by atoms with Crippen molar-refractivity contribution in [2.75, 3.05) is 6.61 Å². The highest BCUT2D eigenvalue weighted by molar-refractivity contribution is 6.36. The Hall–Kier alpha value is -4.13. The fourth-order valence-electron chi connectivity index (χ4n) is 3.17. The van der Waals surface area contributed by atoms with E-state index in [4.69, 9.17) is 32.7 Å². The lowest BCUT2D eigenvalue weighted by atomic mass is 10.1. The van der Waals surface area contributed by atoms with Crippen molar-refractivity contribution in [3.05, 3.63) is 118 Å². The normalized spacial score (nSPS) is 10.7. The lowest BCUT2D eigenvalue weighted by Gasteiger charge is -2.07. The molecule has 0 aromatic heterocycles. The van der Waals surface area contributed by atoms with Crippen molar-refractivity contribution >= 4 is 41.3 Å². The van der Waals surface area contributed by atoms with Crippen molar-refractivity contribution in [3.63, 3.8) is 0 Å². The molecule has 36 heavy (non-hydrogen) atoms. The highest BCUT2D eigenvalue weighted by Crippen LogP contribution is 2.23. The lowest BCUT2D eigenvalue weighted by Crippen LogP contribution is -2.24. The van der Waals surface area contributed by atoms with Crippen LogP contribution in [0.15, 0.2) is 102 Å². The van der Waals surface area contributed by atoms with Gasteiger partial charge in [-0.25, -0.2) is 10.2 Å². The molecule has 1 amide bonds. The number of nitrogens with zero attached hydrogens (tertiary/aromatic N) is 1. The number of nitrogens with one attached hydrogen (secondary N) is 1. The number of benzene rings is 4. The molecular formula is C28H20Cl2N2O4. The summed E-state index contributed by atoms with van der Waals surface area (Å²) in [7, 11) is 0. The van der Waals surface area contributed by atoms with E-state index in [0.717, 1.165) is 11.1 Å². The second-order valence-electron chi connectivity index (χ2n) is 7.55. The maximum absolute atomic E-state index is 12.3. The number of amides is 1. The number of hydrogen-bond donors (Lipinski definition) is 1. The molecule has 0 saturated heterocycles. The standard InChI is InChI=1S/C28H20Cl2N2O4/c29-22-10-15-25(26(30)16-22)28(34)36-24-11-6-19(7-12-24)17-31-32-27(33)18-35-23-13-8-21(9-14-23)20-4-2-1-3-5-20/h1-17H,18H2,(H,32,33)/b31-17-. The molecule has 4 aromatic carbocycles. The average Bonchev–Trinajstić information content (AvgIpc) is 2.89. The topological polar surface area (TPSA) is 77.0 Å². The number of ether oxygens (including phenoxy) is 2. The molecule has 4 aromatic rings. The number of rotatable bonds is 8. The molecule has 8 heteroatoms. The highest BCUT2D eigenvalue weighted by Gasteiger charge is 2.13. The van der Waals surface area contributed by atoms with Crippen LogP contribution in [-0.2, 0) is 4.79 Å². The zero-order valence-electron chi connectivity index (χ0n) is 18.9. The van der Waals surface area contributed by atoms with Gasteiger partial charge in [-0.05, 0) is 71.3 Å². The average molecular weight is 519 g/mol. The highest BCUT2D eigenvalue weighted by atomic mass is 35.5. The van der Waals surface area contributed by atoms with Crippen molar-refractivity contribution in [2.45, 2.75) is 0 Å². The number of hydrogen-bond acceptors (Lipinski definition) is 5. The van der Waals surface area contributed by atoms with Gasteiger partial charge in [-0.2, -0.15) is 5.10 Å². The van der Waals surface area contributed by atoms with Crippen LogP contribution in [0.3, 0.4) is 0 Å². The summed E-state index contributed by atoms with van der Waals surface area (Å²) in [5.41, 5.74) is 5.48. The lowest BCUT2D eigenvalue weighted by molar-refractivity contribution is -0.123. The van der Waals surface area contributed by atoms with Gasteiger partial charge in [0, 0.05) is 5.02 Å². The minimum absolute atomic E-state index is 0.176. The molecule has 6 nitrogen and oxygen atoms in total. The summed E-state index contributed by atoms with van der Waals surface area (Å²) in [5, 5.41) is 4.56. The van der Waals surface area contributed by atoms with Crippen LogP contribution in [0.4, 0.5) is 0 Å². The van der Waals surface area contributed by atoms with Crippen LogP contribution in [0.2, 0.25) is 10.0 Å². The number of carbonyl (C=O) groups is 2. The van der Waals surface area contributed by atoms with E-state index in [9.17, 15) is 9.59 Å². The van der Waals surface area contributed by atoms with Crippen LogP contribution < -0.4 is 14.9 Å². The fourth-order valence-corrected chi connectivity index (χ4v) is 3.66. The van der Waals surface area contributed by atoms with Crippen molar-refractivity contribution < 1.29 is 19.1 Å². The van der Waals surface area contributed by atoms with Gasteiger partial charge in [0.1, 0.15) is 11.5 Å². The number of hydrazone groups is 1. The van der Waals surface area contributed by atoms with E-state index in [1.54, 1.807) is 30.3 Å². The zero-order chi connectivity index (χ0) is 25.3. The summed E-state index contributed by atoms with van der Waals surface area (Å²) < 4.78 is 10.8. The van der Waals surface area contributed by atoms with Gasteiger partial charge in [-0.1, -0.05) is 65.7 Å². The second kappa shape index (κ2) is 12.0. The smallest absolute Gasteiger partial charge is 0.345 e. The summed E-state index contributed by atoms with van der Waals surface area (Å²) >= 11 is 11.9. The van der Waals surface area contributed by atoms with Crippen LogP contribution in [0.5, 0.6) is 11.5 Å². The van der Waals surface area contributed by atoms with Crippen LogP contribution in [0, 0.1) is 0 Å². The molecule has 0 atom stereocenters. The van der Waals surface area contributed by atoms with Crippen molar-refractivity contribution in [2.24, 2.45) is 5.10 Å². The number of esters is 1. The first-order valence-corrected chi connectivity index (χ1v) is 11.6. The minimum Gasteiger partial charge on any atom is -0.484 e. The van der Waals surface area contributed by atoms with Gasteiger partial charge in [-0.3, -0.25) is 4.79 Å². The largest absolute Gasteiger partial charge is 0.484 e. The Bertz CT molecular complexity index is 1370. The molecule has 0 bridgehead atoms. The van der Waals surface area contributed by atoms with E-state index < -0.39 is 11.9 Å². The van der Waals surface area contributed by atoms with Crippen LogP contribution in [-0.4, -0.2) is 24.7 Å². The predicted molar refractivity (Wildman–Crippen MR) is 141 cm³/mol. The molecule has 0 unspecified atom stereocenters. The Kier molecular flexibility index (Phi) is 8.34. The summed E-state index contributed by atoms with van der Waals surface area (Å²) in [6, 6.07) is 28.6. The number of halogens is 2. The second-order valence-corrected chi connectivity index (χ2v) is 8.40. The van der Waals surface area contributed by atoms with E-state index in [2.05, 4.69) is 10.5 Å². The predicted octanol–water partition coefficient (Wildman–Crippen LogP) is 6.41. The maximum Gasteiger partial charge on any atom is 0.345 e. The summed E-state index contributed by atoms with van der Waals surface area (Å²) in [4.78, 5) is 24.3. The first kappa shape index (κ1) is 25.0. The van der Waals surface area contributed by atoms with Gasteiger partial charge in [0.05, 0.1) is 16.8 Å². The molecule has 0 heterocycles. The summed E-state index contributed by atoms with van der Waals surface area (Å²) in [5.74, 6) is -0.0819. The maximum atomic E-state index is 12.3. The quantitative estimate of drug-likeness (QED) is 0.126. The van der Waals surface area contributed by atoms with E-state index in [1.165, 1.54) is 18.3 Å². The van der Waals surface area contributed by atoms with Gasteiger partial charge in [0.25, 0.3) is 5.91 Å². The molecule has 180 valence electrons. The van der Waals surface area contributed by atoms with Gasteiger partial charge in [0.2, 0.25) is 0 Å². The molecular weight excluding hydrogens is 499 g/mol. The van der Waals surface area contributed by atoms with E-state index >= 15 is 0 Å². The molecule has 0 saturated carbocycles. The van der Waals surface area contributed by atoms with Crippen molar-refractivity contribution in [3.8, 4) is 22.6 Å². The van der Waals surface area contributed by atoms with E-state index in [-0.39, 0.29) is 17.2 Å². The molecule has 0 spiro atoms. The van der Waals surface area contributed by atoms with Crippen LogP contribution >= 0.6 is 23.2 Å². The zero-order valence-corrected chi connectivity index (χ0v) is 20.4. The molecule has 0 aliphatic carbocycles. The first-order valence-electron chi connectivity index (χ1n) is 10.9. The SMILES string of the molecule is O=C(COc1ccc(-c2ccccc2)cc1)N/N=C\c1ccc(OC(=O)c2ccc(Cl)cc2Cl)cc1. The molecule has 4 rings (SSSR count). The Morgan fingerprint density at radius 2 is 1.47 bits per heavy atom. The summed E-state index contributed by atoms with van der Waals surface area (Å²) in [6.07, 6.45) is 1.47. The Morgan fingerprint density at radius 3 is 2.17 bits per heavy atom. The van der Waals surface area contributed by atoms with Crippen LogP contribution in [0.25, 0.3) is 11.1 Å². The minimum atomic E-state index is -0.597. The van der Waals surface area contributed by atoms with Crippen LogP contribution in [0.1, 0.15) is 15.9 Å². The van der Waals surface area contributed by atoms with Gasteiger partial charge >= 0.3 is 5.97 Å². The molecule has 0 radical (unpaired) electrons. The monoisotopic (exact) mass is 518 g/mol. The van der Waals surface area contributed by atoms with Gasteiger partial charge in [0.15, 0.2) is 6.61 Å². The van der Waals surface area contributed by atoms with Crippen molar-refractivity contribution in [1.82, 2.24) is 5.43 Å². The Morgan fingerprint density at radius 1 is 0.806 bits per heavy atom. The van der Waals surface area contributed by atoms with Crippen molar-refractivity contribution in [1.29, 1.82) is 0 Å². The fraction of sp³-hybridized carbons (Fsp3) is 0.0357. The first-order chi connectivity index (χ1) is 17.5. The Labute approximate surface area is 218 Å². The number of carbonyl (C=O) groups excluding carboxylic acids is 2.